The van der Waals surface area contributed by atoms with Crippen LogP contribution in [0.1, 0.15) is 48.4 Å². The Kier molecular flexibility index (Phi) is 5.75. The van der Waals surface area contributed by atoms with Crippen molar-refractivity contribution >= 4 is 48.6 Å². The van der Waals surface area contributed by atoms with Crippen LogP contribution in [0.15, 0.2) is 63.5 Å². The quantitative estimate of drug-likeness (QED) is 0.431. The maximum absolute atomic E-state index is 12.1. The molecule has 0 fully saturated rings. The maximum atomic E-state index is 12.1. The summed E-state index contributed by atoms with van der Waals surface area (Å²) < 4.78 is 7.34. The largest absolute Gasteiger partial charge is 0.456 e. The van der Waals surface area contributed by atoms with E-state index in [2.05, 4.69) is 31.9 Å². The average Bonchev–Trinajstić information content (AvgIpc) is 2.63. The Morgan fingerprint density at radius 1 is 0.889 bits per heavy atom. The number of halogens is 2. The van der Waals surface area contributed by atoms with Crippen LogP contribution in [0.3, 0.4) is 0 Å². The monoisotopic (exact) mass is 490 g/mol. The van der Waals surface area contributed by atoms with Crippen molar-refractivity contribution in [2.45, 2.75) is 32.5 Å². The minimum Gasteiger partial charge on any atom is -0.456 e. The van der Waals surface area contributed by atoms with Gasteiger partial charge < -0.3 is 9.84 Å². The lowest BCUT2D eigenvalue weighted by Gasteiger charge is -2.19. The number of aliphatic hydroxyl groups excluding tert-OH is 1. The van der Waals surface area contributed by atoms with Gasteiger partial charge in [0.25, 0.3) is 0 Å². The van der Waals surface area contributed by atoms with E-state index in [0.29, 0.717) is 11.1 Å². The number of aliphatic hydroxyl groups is 1. The van der Waals surface area contributed by atoms with Crippen LogP contribution in [-0.2, 0) is 4.74 Å². The first-order chi connectivity index (χ1) is 12.7. The van der Waals surface area contributed by atoms with Crippen molar-refractivity contribution in [3.8, 4) is 0 Å². The highest BCUT2D eigenvalue weighted by Gasteiger charge is 2.19. The Bertz CT molecular complexity index is 989. The molecule has 3 aromatic carbocycles. The molecule has 3 aromatic rings. The van der Waals surface area contributed by atoms with Crippen molar-refractivity contribution < 1.29 is 14.6 Å². The van der Waals surface area contributed by atoms with Gasteiger partial charge in [0.1, 0.15) is 11.7 Å². The zero-order chi connectivity index (χ0) is 19.8. The molecule has 0 saturated heterocycles. The van der Waals surface area contributed by atoms with Gasteiger partial charge in [0, 0.05) is 8.95 Å². The Morgan fingerprint density at radius 3 is 2.04 bits per heavy atom. The van der Waals surface area contributed by atoms with Gasteiger partial charge >= 0.3 is 5.97 Å². The maximum Gasteiger partial charge on any atom is 0.338 e. The minimum absolute atomic E-state index is 0.372. The molecule has 0 radical (unpaired) electrons. The number of rotatable bonds is 3. The summed E-state index contributed by atoms with van der Waals surface area (Å²) in [4.78, 5) is 12.1. The van der Waals surface area contributed by atoms with Gasteiger partial charge in [0.05, 0.1) is 5.56 Å². The highest BCUT2D eigenvalue weighted by atomic mass is 79.9. The molecule has 27 heavy (non-hydrogen) atoms. The normalized spacial score (nSPS) is 12.8. The molecule has 0 bridgehead atoms. The van der Waals surface area contributed by atoms with Gasteiger partial charge in [-0.15, -0.1) is 0 Å². The Hall–Kier alpha value is -1.69. The van der Waals surface area contributed by atoms with E-state index in [1.165, 1.54) is 0 Å². The molecule has 140 valence electrons. The Balaban J connectivity index is 1.88. The number of esters is 1. The third kappa shape index (κ3) is 4.60. The van der Waals surface area contributed by atoms with Gasteiger partial charge in [0.2, 0.25) is 0 Å². The van der Waals surface area contributed by atoms with Crippen LogP contribution >= 0.6 is 31.9 Å². The third-order valence-corrected chi connectivity index (χ3v) is 5.49. The number of benzene rings is 3. The second kappa shape index (κ2) is 7.74. The zero-order valence-corrected chi connectivity index (χ0v) is 18.5. The van der Waals surface area contributed by atoms with Crippen LogP contribution in [-0.4, -0.2) is 16.7 Å². The smallest absolute Gasteiger partial charge is 0.338 e. The molecule has 0 heterocycles. The molecule has 1 N–H and O–H groups in total. The van der Waals surface area contributed by atoms with Gasteiger partial charge in [-0.05, 0) is 73.0 Å². The predicted molar refractivity (Wildman–Crippen MR) is 115 cm³/mol. The first kappa shape index (κ1) is 20.1. The van der Waals surface area contributed by atoms with E-state index in [1.807, 2.05) is 51.1 Å². The fourth-order valence-corrected chi connectivity index (χ4v) is 3.73. The molecule has 0 aromatic heterocycles. The number of carbonyl (C=O) groups excluding carboxylic acids is 1. The van der Waals surface area contributed by atoms with E-state index in [9.17, 15) is 9.90 Å². The molecule has 0 aliphatic heterocycles. The van der Waals surface area contributed by atoms with Crippen LogP contribution in [0.5, 0.6) is 0 Å². The molecule has 0 amide bonds. The SMILES string of the molecule is CC(C)(C)OC(=O)c1ccc(C(O)c2ccc3c(Br)ccc(Br)c3c2)cc1. The van der Waals surface area contributed by atoms with Crippen LogP contribution in [0.2, 0.25) is 0 Å². The van der Waals surface area contributed by atoms with Crippen LogP contribution in [0.25, 0.3) is 10.8 Å². The second-order valence-corrected chi connectivity index (χ2v) is 9.07. The number of hydrogen-bond acceptors (Lipinski definition) is 3. The van der Waals surface area contributed by atoms with E-state index >= 15 is 0 Å². The minimum atomic E-state index is -0.784. The summed E-state index contributed by atoms with van der Waals surface area (Å²) in [5.41, 5.74) is 1.42. The molecule has 5 heteroatoms. The van der Waals surface area contributed by atoms with Gasteiger partial charge in [0.15, 0.2) is 0 Å². The fraction of sp³-hybridized carbons (Fsp3) is 0.227. The molecule has 0 aliphatic rings. The molecule has 1 unspecified atom stereocenters. The number of ether oxygens (including phenoxy) is 1. The lowest BCUT2D eigenvalue weighted by molar-refractivity contribution is 0.00694. The van der Waals surface area contributed by atoms with Crippen molar-refractivity contribution in [2.75, 3.05) is 0 Å². The summed E-state index contributed by atoms with van der Waals surface area (Å²) in [5.74, 6) is -0.372. The summed E-state index contributed by atoms with van der Waals surface area (Å²) >= 11 is 7.12. The average molecular weight is 492 g/mol. The lowest BCUT2D eigenvalue weighted by atomic mass is 9.98. The molecule has 0 spiro atoms. The Morgan fingerprint density at radius 2 is 1.44 bits per heavy atom. The van der Waals surface area contributed by atoms with Gasteiger partial charge in [-0.3, -0.25) is 0 Å². The standard InChI is InChI=1S/C22H20Br2O3/c1-22(2,3)27-21(26)14-6-4-13(5-7-14)20(25)15-8-9-16-17(12-15)19(24)11-10-18(16)23/h4-12,20,25H,1-3H3. The van der Waals surface area contributed by atoms with E-state index in [4.69, 9.17) is 4.74 Å². The fourth-order valence-electron chi connectivity index (χ4n) is 2.79. The molecule has 0 aliphatic carbocycles. The van der Waals surface area contributed by atoms with Gasteiger partial charge in [-0.25, -0.2) is 4.79 Å². The molecule has 3 nitrogen and oxygen atoms in total. The van der Waals surface area contributed by atoms with E-state index in [-0.39, 0.29) is 5.97 Å². The predicted octanol–water partition coefficient (Wildman–Crippen LogP) is 6.40. The molecular weight excluding hydrogens is 472 g/mol. The third-order valence-electron chi connectivity index (χ3n) is 4.11. The van der Waals surface area contributed by atoms with Crippen molar-refractivity contribution in [3.05, 3.63) is 80.2 Å². The second-order valence-electron chi connectivity index (χ2n) is 7.36. The van der Waals surface area contributed by atoms with Crippen LogP contribution in [0.4, 0.5) is 0 Å². The summed E-state index contributed by atoms with van der Waals surface area (Å²) in [6.45, 7) is 5.50. The summed E-state index contributed by atoms with van der Waals surface area (Å²) in [6.07, 6.45) is -0.784. The van der Waals surface area contributed by atoms with Crippen molar-refractivity contribution in [3.63, 3.8) is 0 Å². The van der Waals surface area contributed by atoms with E-state index in [1.54, 1.807) is 24.3 Å². The highest BCUT2D eigenvalue weighted by molar-refractivity contribution is 9.11. The lowest BCUT2D eigenvalue weighted by Crippen LogP contribution is -2.23. The zero-order valence-electron chi connectivity index (χ0n) is 15.3. The van der Waals surface area contributed by atoms with E-state index in [0.717, 1.165) is 25.3 Å². The molecule has 3 rings (SSSR count). The Labute approximate surface area is 175 Å². The molecular formula is C22H20Br2O3. The first-order valence-corrected chi connectivity index (χ1v) is 10.1. The summed E-state index contributed by atoms with van der Waals surface area (Å²) in [5, 5.41) is 12.9. The number of hydrogen-bond donors (Lipinski definition) is 1. The van der Waals surface area contributed by atoms with E-state index < -0.39 is 11.7 Å². The van der Waals surface area contributed by atoms with Crippen LogP contribution in [0, 0.1) is 0 Å². The van der Waals surface area contributed by atoms with Crippen molar-refractivity contribution in [1.82, 2.24) is 0 Å². The summed E-state index contributed by atoms with van der Waals surface area (Å²) in [6, 6.07) is 16.7. The van der Waals surface area contributed by atoms with Crippen molar-refractivity contribution in [2.24, 2.45) is 0 Å². The van der Waals surface area contributed by atoms with Crippen molar-refractivity contribution in [1.29, 1.82) is 0 Å². The number of carbonyl (C=O) groups is 1. The van der Waals surface area contributed by atoms with Crippen LogP contribution < -0.4 is 0 Å². The first-order valence-electron chi connectivity index (χ1n) is 8.55. The topological polar surface area (TPSA) is 46.5 Å². The number of fused-ring (bicyclic) bond motifs is 1. The molecule has 0 saturated carbocycles. The summed E-state index contributed by atoms with van der Waals surface area (Å²) in [7, 11) is 0. The molecule has 1 atom stereocenters. The van der Waals surface area contributed by atoms with Gasteiger partial charge in [-0.2, -0.15) is 0 Å². The van der Waals surface area contributed by atoms with Gasteiger partial charge in [-0.1, -0.05) is 56.1 Å². The highest BCUT2D eigenvalue weighted by Crippen LogP contribution is 2.33.